The van der Waals surface area contributed by atoms with Gasteiger partial charge in [-0.1, -0.05) is 44.2 Å². The van der Waals surface area contributed by atoms with Crippen LogP contribution in [0.3, 0.4) is 0 Å². The highest BCUT2D eigenvalue weighted by atomic mass is 15.2. The summed E-state index contributed by atoms with van der Waals surface area (Å²) in [4.78, 5) is 2.59. The zero-order valence-corrected chi connectivity index (χ0v) is 13.5. The van der Waals surface area contributed by atoms with Gasteiger partial charge in [0.2, 0.25) is 0 Å². The predicted molar refractivity (Wildman–Crippen MR) is 86.9 cm³/mol. The summed E-state index contributed by atoms with van der Waals surface area (Å²) in [5.41, 5.74) is 1.42. The van der Waals surface area contributed by atoms with Gasteiger partial charge < -0.3 is 10.2 Å². The first-order valence-corrected chi connectivity index (χ1v) is 8.13. The predicted octanol–water partition coefficient (Wildman–Crippen LogP) is 3.85. The zero-order chi connectivity index (χ0) is 14.5. The first-order chi connectivity index (χ1) is 9.58. The second kappa shape index (κ2) is 7.24. The standard InChI is InChI=1S/C18H30N2/c1-14(2)18(16-8-6-5-7-9-16)19-17-10-12-20(13-11-17)15(3)4/h5-9,14-15,17-19H,10-13H2,1-4H3/t18-/m1/s1. The summed E-state index contributed by atoms with van der Waals surface area (Å²) in [7, 11) is 0. The SMILES string of the molecule is CC(C)[C@@H](NC1CCN(C(C)C)CC1)c1ccccc1. The number of piperidine rings is 1. The topological polar surface area (TPSA) is 15.3 Å². The van der Waals surface area contributed by atoms with Crippen LogP contribution >= 0.6 is 0 Å². The van der Waals surface area contributed by atoms with Crippen LogP contribution in [0.15, 0.2) is 30.3 Å². The van der Waals surface area contributed by atoms with E-state index in [0.29, 0.717) is 24.0 Å². The summed E-state index contributed by atoms with van der Waals surface area (Å²) >= 11 is 0. The van der Waals surface area contributed by atoms with E-state index in [1.165, 1.54) is 31.5 Å². The Balaban J connectivity index is 1.94. The van der Waals surface area contributed by atoms with Crippen molar-refractivity contribution >= 4 is 0 Å². The van der Waals surface area contributed by atoms with E-state index in [4.69, 9.17) is 0 Å². The van der Waals surface area contributed by atoms with E-state index in [1.54, 1.807) is 0 Å². The molecule has 1 heterocycles. The van der Waals surface area contributed by atoms with Crippen molar-refractivity contribution in [2.75, 3.05) is 13.1 Å². The van der Waals surface area contributed by atoms with Gasteiger partial charge >= 0.3 is 0 Å². The van der Waals surface area contributed by atoms with Crippen LogP contribution in [0.5, 0.6) is 0 Å². The number of hydrogen-bond donors (Lipinski definition) is 1. The minimum Gasteiger partial charge on any atom is -0.307 e. The molecule has 0 amide bonds. The van der Waals surface area contributed by atoms with Gasteiger partial charge in [-0.05, 0) is 51.3 Å². The Labute approximate surface area is 124 Å². The molecule has 1 atom stereocenters. The van der Waals surface area contributed by atoms with E-state index in [-0.39, 0.29) is 0 Å². The Hall–Kier alpha value is -0.860. The molecule has 0 bridgehead atoms. The van der Waals surface area contributed by atoms with Crippen LogP contribution < -0.4 is 5.32 Å². The highest BCUT2D eigenvalue weighted by molar-refractivity contribution is 5.19. The number of nitrogens with zero attached hydrogens (tertiary/aromatic N) is 1. The Kier molecular flexibility index (Phi) is 5.62. The maximum Gasteiger partial charge on any atom is 0.0345 e. The number of nitrogens with one attached hydrogen (secondary N) is 1. The highest BCUT2D eigenvalue weighted by Gasteiger charge is 2.24. The number of hydrogen-bond acceptors (Lipinski definition) is 2. The van der Waals surface area contributed by atoms with Crippen molar-refractivity contribution < 1.29 is 0 Å². The molecular formula is C18H30N2. The van der Waals surface area contributed by atoms with Gasteiger partial charge in [0.15, 0.2) is 0 Å². The third-order valence-corrected chi connectivity index (χ3v) is 4.50. The molecule has 1 fully saturated rings. The fourth-order valence-electron chi connectivity index (χ4n) is 3.17. The van der Waals surface area contributed by atoms with Crippen LogP contribution in [-0.2, 0) is 0 Å². The molecule has 2 rings (SSSR count). The van der Waals surface area contributed by atoms with Gasteiger partial charge in [0.1, 0.15) is 0 Å². The van der Waals surface area contributed by atoms with Crippen LogP contribution in [0, 0.1) is 5.92 Å². The first-order valence-electron chi connectivity index (χ1n) is 8.13. The number of rotatable bonds is 5. The van der Waals surface area contributed by atoms with Gasteiger partial charge in [0.05, 0.1) is 0 Å². The van der Waals surface area contributed by atoms with Crippen molar-refractivity contribution in [2.24, 2.45) is 5.92 Å². The largest absolute Gasteiger partial charge is 0.307 e. The molecular weight excluding hydrogens is 244 g/mol. The van der Waals surface area contributed by atoms with Crippen molar-refractivity contribution in [1.29, 1.82) is 0 Å². The van der Waals surface area contributed by atoms with E-state index >= 15 is 0 Å². The van der Waals surface area contributed by atoms with Crippen LogP contribution in [0.25, 0.3) is 0 Å². The molecule has 0 radical (unpaired) electrons. The molecule has 0 unspecified atom stereocenters. The van der Waals surface area contributed by atoms with Gasteiger partial charge in [-0.15, -0.1) is 0 Å². The van der Waals surface area contributed by atoms with E-state index in [9.17, 15) is 0 Å². The van der Waals surface area contributed by atoms with Crippen LogP contribution in [0.1, 0.15) is 52.1 Å². The molecule has 0 spiro atoms. The Morgan fingerprint density at radius 2 is 1.60 bits per heavy atom. The average Bonchev–Trinajstić information content (AvgIpc) is 2.46. The first kappa shape index (κ1) is 15.5. The molecule has 2 nitrogen and oxygen atoms in total. The molecule has 1 saturated heterocycles. The second-order valence-corrected chi connectivity index (χ2v) is 6.70. The smallest absolute Gasteiger partial charge is 0.0345 e. The van der Waals surface area contributed by atoms with Gasteiger partial charge in [0.25, 0.3) is 0 Å². The van der Waals surface area contributed by atoms with Crippen molar-refractivity contribution in [1.82, 2.24) is 10.2 Å². The van der Waals surface area contributed by atoms with Crippen LogP contribution in [0.2, 0.25) is 0 Å². The van der Waals surface area contributed by atoms with Crippen molar-refractivity contribution in [3.8, 4) is 0 Å². The molecule has 2 heteroatoms. The lowest BCUT2D eigenvalue weighted by Gasteiger charge is -2.37. The molecule has 1 N–H and O–H groups in total. The zero-order valence-electron chi connectivity index (χ0n) is 13.5. The number of benzene rings is 1. The van der Waals surface area contributed by atoms with E-state index in [0.717, 1.165) is 0 Å². The molecule has 0 saturated carbocycles. The molecule has 1 aromatic carbocycles. The summed E-state index contributed by atoms with van der Waals surface area (Å²) in [5, 5.41) is 3.90. The normalized spacial score (nSPS) is 19.7. The fraction of sp³-hybridized carbons (Fsp3) is 0.667. The summed E-state index contributed by atoms with van der Waals surface area (Å²) < 4.78 is 0. The Morgan fingerprint density at radius 1 is 1.00 bits per heavy atom. The maximum absolute atomic E-state index is 3.90. The summed E-state index contributed by atoms with van der Waals surface area (Å²) in [6.07, 6.45) is 2.54. The van der Waals surface area contributed by atoms with E-state index in [2.05, 4.69) is 68.2 Å². The minimum absolute atomic E-state index is 0.479. The van der Waals surface area contributed by atoms with Gasteiger partial charge in [-0.2, -0.15) is 0 Å². The highest BCUT2D eigenvalue weighted by Crippen LogP contribution is 2.24. The van der Waals surface area contributed by atoms with Crippen molar-refractivity contribution in [3.05, 3.63) is 35.9 Å². The van der Waals surface area contributed by atoms with Crippen molar-refractivity contribution in [3.63, 3.8) is 0 Å². The number of likely N-dealkylation sites (tertiary alicyclic amines) is 1. The minimum atomic E-state index is 0.479. The Morgan fingerprint density at radius 3 is 2.10 bits per heavy atom. The molecule has 0 aromatic heterocycles. The third-order valence-electron chi connectivity index (χ3n) is 4.50. The molecule has 20 heavy (non-hydrogen) atoms. The molecule has 0 aliphatic carbocycles. The Bertz CT molecular complexity index is 378. The molecule has 1 aliphatic rings. The lowest BCUT2D eigenvalue weighted by molar-refractivity contribution is 0.152. The van der Waals surface area contributed by atoms with Gasteiger partial charge in [-0.25, -0.2) is 0 Å². The fourth-order valence-corrected chi connectivity index (χ4v) is 3.17. The van der Waals surface area contributed by atoms with Gasteiger partial charge in [-0.3, -0.25) is 0 Å². The van der Waals surface area contributed by atoms with E-state index in [1.807, 2.05) is 0 Å². The molecule has 1 aromatic rings. The average molecular weight is 274 g/mol. The lowest BCUT2D eigenvalue weighted by atomic mass is 9.93. The van der Waals surface area contributed by atoms with E-state index < -0.39 is 0 Å². The summed E-state index contributed by atoms with van der Waals surface area (Å²) in [6, 6.07) is 12.7. The molecule has 1 aliphatic heterocycles. The van der Waals surface area contributed by atoms with Crippen LogP contribution in [-0.4, -0.2) is 30.1 Å². The van der Waals surface area contributed by atoms with Gasteiger partial charge in [0, 0.05) is 18.1 Å². The quantitative estimate of drug-likeness (QED) is 0.877. The second-order valence-electron chi connectivity index (χ2n) is 6.70. The molecule has 112 valence electrons. The summed E-state index contributed by atoms with van der Waals surface area (Å²) in [5.74, 6) is 0.625. The monoisotopic (exact) mass is 274 g/mol. The van der Waals surface area contributed by atoms with Crippen LogP contribution in [0.4, 0.5) is 0 Å². The lowest BCUT2D eigenvalue weighted by Crippen LogP contribution is -2.46. The van der Waals surface area contributed by atoms with Crippen molar-refractivity contribution in [2.45, 2.75) is 58.7 Å². The summed E-state index contributed by atoms with van der Waals surface area (Å²) in [6.45, 7) is 11.7. The third kappa shape index (κ3) is 4.07. The maximum atomic E-state index is 3.90.